The second-order valence-electron chi connectivity index (χ2n) is 3.37. The van der Waals surface area contributed by atoms with Crippen LogP contribution in [0.3, 0.4) is 0 Å². The van der Waals surface area contributed by atoms with Crippen LogP contribution in [0.1, 0.15) is 12.0 Å². The van der Waals surface area contributed by atoms with Crippen molar-refractivity contribution < 1.29 is 18.3 Å². The molecule has 0 radical (unpaired) electrons. The summed E-state index contributed by atoms with van der Waals surface area (Å²) < 4.78 is 23.3. The maximum atomic E-state index is 11.7. The van der Waals surface area contributed by atoms with Crippen molar-refractivity contribution in [1.29, 1.82) is 0 Å². The highest BCUT2D eigenvalue weighted by Crippen LogP contribution is 2.39. The van der Waals surface area contributed by atoms with E-state index in [-0.39, 0.29) is 21.9 Å². The first-order chi connectivity index (χ1) is 7.42. The Labute approximate surface area is 97.1 Å². The standard InChI is InChI=1S/C10H7ClO4S/c11-7-2-1-3-8-10(7)6(4-9(12)13)5-16(8,14)15/h1-3,5H,4H2,(H,12,13). The predicted octanol–water partition coefficient (Wildman–Crippen LogP) is 1.94. The number of benzene rings is 1. The van der Waals surface area contributed by atoms with E-state index in [1.807, 2.05) is 0 Å². The van der Waals surface area contributed by atoms with Crippen LogP contribution in [0.5, 0.6) is 0 Å². The minimum Gasteiger partial charge on any atom is -0.481 e. The van der Waals surface area contributed by atoms with Crippen molar-refractivity contribution in [3.05, 3.63) is 34.2 Å². The van der Waals surface area contributed by atoms with Gasteiger partial charge in [0.1, 0.15) is 0 Å². The summed E-state index contributed by atoms with van der Waals surface area (Å²) in [5.74, 6) is -1.09. The summed E-state index contributed by atoms with van der Waals surface area (Å²) in [5, 5.41) is 9.91. The predicted molar refractivity (Wildman–Crippen MR) is 58.9 cm³/mol. The highest BCUT2D eigenvalue weighted by atomic mass is 35.5. The molecule has 0 amide bonds. The minimum absolute atomic E-state index is 0.0799. The molecule has 1 aliphatic rings. The molecule has 0 atom stereocenters. The number of halogens is 1. The molecule has 4 nitrogen and oxygen atoms in total. The Morgan fingerprint density at radius 2 is 2.06 bits per heavy atom. The molecule has 0 unspecified atom stereocenters. The first-order valence-electron chi connectivity index (χ1n) is 4.38. The molecule has 84 valence electrons. The van der Waals surface area contributed by atoms with Crippen molar-refractivity contribution >= 4 is 33.0 Å². The zero-order valence-corrected chi connectivity index (χ0v) is 9.55. The second kappa shape index (κ2) is 3.61. The van der Waals surface area contributed by atoms with E-state index in [0.29, 0.717) is 5.56 Å². The number of hydrogen-bond donors (Lipinski definition) is 1. The van der Waals surface area contributed by atoms with Gasteiger partial charge in [-0.1, -0.05) is 17.7 Å². The van der Waals surface area contributed by atoms with E-state index in [0.717, 1.165) is 5.41 Å². The summed E-state index contributed by atoms with van der Waals surface area (Å²) in [6.07, 6.45) is -0.351. The molecule has 0 bridgehead atoms. The van der Waals surface area contributed by atoms with Gasteiger partial charge in [-0.3, -0.25) is 4.79 Å². The van der Waals surface area contributed by atoms with E-state index in [9.17, 15) is 13.2 Å². The van der Waals surface area contributed by atoms with Crippen molar-refractivity contribution in [3.63, 3.8) is 0 Å². The maximum absolute atomic E-state index is 11.7. The van der Waals surface area contributed by atoms with Crippen LogP contribution in [0.25, 0.3) is 5.57 Å². The maximum Gasteiger partial charge on any atom is 0.307 e. The molecular formula is C10H7ClO4S. The molecule has 0 aromatic heterocycles. The van der Waals surface area contributed by atoms with Gasteiger partial charge >= 0.3 is 5.97 Å². The zero-order valence-electron chi connectivity index (χ0n) is 7.97. The molecule has 0 fully saturated rings. The molecule has 0 spiro atoms. The van der Waals surface area contributed by atoms with Crippen molar-refractivity contribution in [2.24, 2.45) is 0 Å². The summed E-state index contributed by atoms with van der Waals surface area (Å²) >= 11 is 5.88. The van der Waals surface area contributed by atoms with E-state index in [1.54, 1.807) is 0 Å². The van der Waals surface area contributed by atoms with Crippen LogP contribution in [0, 0.1) is 0 Å². The molecule has 6 heteroatoms. The lowest BCUT2D eigenvalue weighted by atomic mass is 10.1. The van der Waals surface area contributed by atoms with Gasteiger partial charge in [0.25, 0.3) is 0 Å². The highest BCUT2D eigenvalue weighted by Gasteiger charge is 2.29. The van der Waals surface area contributed by atoms with Crippen molar-refractivity contribution in [3.8, 4) is 0 Å². The van der Waals surface area contributed by atoms with Crippen molar-refractivity contribution in [2.45, 2.75) is 11.3 Å². The first kappa shape index (κ1) is 11.2. The average Bonchev–Trinajstić information content (AvgIpc) is 2.38. The largest absolute Gasteiger partial charge is 0.481 e. The van der Waals surface area contributed by atoms with Crippen LogP contribution in [-0.2, 0) is 14.6 Å². The molecule has 0 saturated heterocycles. The van der Waals surface area contributed by atoms with Gasteiger partial charge in [-0.05, 0) is 17.7 Å². The molecule has 1 heterocycles. The van der Waals surface area contributed by atoms with Gasteiger partial charge in [-0.15, -0.1) is 0 Å². The lowest BCUT2D eigenvalue weighted by Crippen LogP contribution is -1.96. The third-order valence-electron chi connectivity index (χ3n) is 2.24. The minimum atomic E-state index is -3.53. The second-order valence-corrected chi connectivity index (χ2v) is 5.54. The smallest absolute Gasteiger partial charge is 0.307 e. The summed E-state index contributed by atoms with van der Waals surface area (Å²) in [7, 11) is -3.53. The Morgan fingerprint density at radius 1 is 1.38 bits per heavy atom. The highest BCUT2D eigenvalue weighted by molar-refractivity contribution is 7.95. The average molecular weight is 259 g/mol. The van der Waals surface area contributed by atoms with Gasteiger partial charge in [-0.2, -0.15) is 0 Å². The summed E-state index contributed by atoms with van der Waals surface area (Å²) in [6.45, 7) is 0. The van der Waals surface area contributed by atoms with Crippen LogP contribution in [-0.4, -0.2) is 19.5 Å². The third-order valence-corrected chi connectivity index (χ3v) is 4.11. The quantitative estimate of drug-likeness (QED) is 0.880. The van der Waals surface area contributed by atoms with Gasteiger partial charge in [0.2, 0.25) is 9.84 Å². The number of rotatable bonds is 2. The lowest BCUT2D eigenvalue weighted by molar-refractivity contribution is -0.135. The summed E-state index contributed by atoms with van der Waals surface area (Å²) in [6, 6.07) is 4.48. The Morgan fingerprint density at radius 3 is 2.69 bits per heavy atom. The SMILES string of the molecule is O=C(O)CC1=CS(=O)(=O)c2cccc(Cl)c21. The number of aliphatic carboxylic acids is 1. The number of hydrogen-bond acceptors (Lipinski definition) is 3. The lowest BCUT2D eigenvalue weighted by Gasteiger charge is -2.03. The van der Waals surface area contributed by atoms with Crippen LogP contribution >= 0.6 is 11.6 Å². The van der Waals surface area contributed by atoms with Gasteiger partial charge in [0, 0.05) is 16.0 Å². The van der Waals surface area contributed by atoms with Gasteiger partial charge in [0.15, 0.2) is 0 Å². The van der Waals surface area contributed by atoms with Crippen molar-refractivity contribution in [1.82, 2.24) is 0 Å². The molecule has 1 N–H and O–H groups in total. The number of carboxylic acid groups (broad SMARTS) is 1. The molecule has 0 saturated carbocycles. The monoisotopic (exact) mass is 258 g/mol. The Kier molecular flexibility index (Phi) is 2.52. The normalized spacial score (nSPS) is 16.7. The Hall–Kier alpha value is -1.33. The molecular weight excluding hydrogens is 252 g/mol. The Bertz CT molecular complexity index is 601. The fourth-order valence-corrected chi connectivity index (χ4v) is 3.50. The third kappa shape index (κ3) is 1.72. The molecule has 16 heavy (non-hydrogen) atoms. The summed E-state index contributed by atoms with van der Waals surface area (Å²) in [4.78, 5) is 10.7. The van der Waals surface area contributed by atoms with Crippen LogP contribution in [0.4, 0.5) is 0 Å². The molecule has 0 aliphatic carbocycles. The van der Waals surface area contributed by atoms with Gasteiger partial charge in [-0.25, -0.2) is 8.42 Å². The van der Waals surface area contributed by atoms with Crippen LogP contribution < -0.4 is 0 Å². The fraction of sp³-hybridized carbons (Fsp3) is 0.100. The van der Waals surface area contributed by atoms with E-state index < -0.39 is 15.8 Å². The fourth-order valence-electron chi connectivity index (χ4n) is 1.66. The molecule has 2 rings (SSSR count). The number of carbonyl (C=O) groups is 1. The van der Waals surface area contributed by atoms with E-state index in [4.69, 9.17) is 16.7 Å². The first-order valence-corrected chi connectivity index (χ1v) is 6.30. The number of sulfone groups is 1. The van der Waals surface area contributed by atoms with Crippen LogP contribution in [0.2, 0.25) is 5.02 Å². The Balaban J connectivity index is 2.67. The number of carboxylic acids is 1. The van der Waals surface area contributed by atoms with Crippen LogP contribution in [0.15, 0.2) is 28.5 Å². The molecule has 1 aliphatic heterocycles. The van der Waals surface area contributed by atoms with E-state index >= 15 is 0 Å². The van der Waals surface area contributed by atoms with Crippen molar-refractivity contribution in [2.75, 3.05) is 0 Å². The molecule has 1 aromatic carbocycles. The summed E-state index contributed by atoms with van der Waals surface area (Å²) in [5.41, 5.74) is 0.541. The molecule has 1 aromatic rings. The van der Waals surface area contributed by atoms with Gasteiger partial charge < -0.3 is 5.11 Å². The zero-order chi connectivity index (χ0) is 11.9. The van der Waals surface area contributed by atoms with E-state index in [1.165, 1.54) is 18.2 Å². The van der Waals surface area contributed by atoms with Gasteiger partial charge in [0.05, 0.1) is 11.3 Å². The van der Waals surface area contributed by atoms with E-state index in [2.05, 4.69) is 0 Å². The number of fused-ring (bicyclic) bond motifs is 1. The topological polar surface area (TPSA) is 71.4 Å².